The van der Waals surface area contributed by atoms with E-state index in [0.717, 1.165) is 18.4 Å². The highest BCUT2D eigenvalue weighted by molar-refractivity contribution is 4.99. The van der Waals surface area contributed by atoms with Gasteiger partial charge in [0, 0.05) is 26.7 Å². The van der Waals surface area contributed by atoms with Gasteiger partial charge in [0.05, 0.1) is 6.10 Å². The molecule has 0 aromatic rings. The zero-order valence-corrected chi connectivity index (χ0v) is 12.5. The molecule has 3 heteroatoms. The molecule has 1 heterocycles. The van der Waals surface area contributed by atoms with Crippen molar-refractivity contribution in [1.29, 1.82) is 0 Å². The fourth-order valence-electron chi connectivity index (χ4n) is 5.25. The van der Waals surface area contributed by atoms with Crippen LogP contribution in [-0.2, 0) is 14.2 Å². The van der Waals surface area contributed by atoms with E-state index in [1.807, 2.05) is 7.11 Å². The minimum Gasteiger partial charge on any atom is -0.384 e. The summed E-state index contributed by atoms with van der Waals surface area (Å²) in [5.74, 6) is 3.62. The third kappa shape index (κ3) is 2.34. The quantitative estimate of drug-likeness (QED) is 0.787. The summed E-state index contributed by atoms with van der Waals surface area (Å²) in [5, 5.41) is 0. The summed E-state index contributed by atoms with van der Waals surface area (Å²) in [7, 11) is 3.63. The van der Waals surface area contributed by atoms with E-state index in [1.165, 1.54) is 32.1 Å². The third-order valence-corrected chi connectivity index (χ3v) is 5.91. The summed E-state index contributed by atoms with van der Waals surface area (Å²) in [4.78, 5) is 0. The Kier molecular flexibility index (Phi) is 4.16. The van der Waals surface area contributed by atoms with Gasteiger partial charge in [0.1, 0.15) is 0 Å². The van der Waals surface area contributed by atoms with Gasteiger partial charge in [-0.3, -0.25) is 0 Å². The van der Waals surface area contributed by atoms with Crippen LogP contribution in [0.4, 0.5) is 0 Å². The molecule has 3 aliphatic rings. The van der Waals surface area contributed by atoms with Gasteiger partial charge in [0.25, 0.3) is 0 Å². The summed E-state index contributed by atoms with van der Waals surface area (Å²) >= 11 is 0. The molecule has 0 amide bonds. The predicted octanol–water partition coefficient (Wildman–Crippen LogP) is 3.08. The van der Waals surface area contributed by atoms with Crippen LogP contribution in [-0.4, -0.2) is 33.2 Å². The zero-order chi connectivity index (χ0) is 13.4. The molecule has 0 spiro atoms. The highest BCUT2D eigenvalue weighted by Crippen LogP contribution is 2.54. The van der Waals surface area contributed by atoms with E-state index in [2.05, 4.69) is 6.92 Å². The lowest BCUT2D eigenvalue weighted by molar-refractivity contribution is -0.132. The van der Waals surface area contributed by atoms with Crippen molar-refractivity contribution in [1.82, 2.24) is 0 Å². The Balaban J connectivity index is 1.84. The van der Waals surface area contributed by atoms with Crippen molar-refractivity contribution in [2.75, 3.05) is 20.8 Å². The van der Waals surface area contributed by atoms with Gasteiger partial charge in [-0.25, -0.2) is 0 Å². The molecule has 0 aromatic heterocycles. The second-order valence-corrected chi connectivity index (χ2v) is 6.75. The molecule has 0 bridgehead atoms. The van der Waals surface area contributed by atoms with Crippen molar-refractivity contribution in [2.45, 2.75) is 51.4 Å². The number of ether oxygens (including phenoxy) is 3. The first-order valence-electron chi connectivity index (χ1n) is 7.93. The van der Waals surface area contributed by atoms with Gasteiger partial charge in [-0.1, -0.05) is 19.3 Å². The highest BCUT2D eigenvalue weighted by Gasteiger charge is 2.54. The Morgan fingerprint density at radius 2 is 1.89 bits per heavy atom. The maximum absolute atomic E-state index is 6.06. The summed E-state index contributed by atoms with van der Waals surface area (Å²) in [6.07, 6.45) is 7.25. The average molecular weight is 268 g/mol. The van der Waals surface area contributed by atoms with E-state index in [-0.39, 0.29) is 6.29 Å². The Bertz CT molecular complexity index is 306. The van der Waals surface area contributed by atoms with E-state index in [1.54, 1.807) is 7.11 Å². The Morgan fingerprint density at radius 3 is 2.63 bits per heavy atom. The van der Waals surface area contributed by atoms with Crippen molar-refractivity contribution in [3.63, 3.8) is 0 Å². The molecule has 3 rings (SSSR count). The maximum atomic E-state index is 6.06. The molecule has 0 radical (unpaired) electrons. The van der Waals surface area contributed by atoms with Gasteiger partial charge in [-0.05, 0) is 43.4 Å². The largest absolute Gasteiger partial charge is 0.384 e. The molecule has 3 nitrogen and oxygen atoms in total. The minimum atomic E-state index is 0.0160. The van der Waals surface area contributed by atoms with Crippen molar-refractivity contribution >= 4 is 0 Å². The molecule has 1 aliphatic heterocycles. The standard InChI is InChI=1S/C16H28O3/c1-10-15-13(16(18-3)19-10)8-11-6-4-5-7-12(11)14(15)9-17-2/h10-16H,4-9H2,1-3H3. The highest BCUT2D eigenvalue weighted by atomic mass is 16.7. The Morgan fingerprint density at radius 1 is 1.11 bits per heavy atom. The summed E-state index contributed by atoms with van der Waals surface area (Å²) in [6.45, 7) is 3.12. The predicted molar refractivity (Wildman–Crippen MR) is 73.8 cm³/mol. The molecule has 3 fully saturated rings. The second-order valence-electron chi connectivity index (χ2n) is 6.75. The van der Waals surface area contributed by atoms with Crippen LogP contribution in [0.3, 0.4) is 0 Å². The average Bonchev–Trinajstić information content (AvgIpc) is 2.75. The number of hydrogen-bond acceptors (Lipinski definition) is 3. The van der Waals surface area contributed by atoms with Crippen LogP contribution >= 0.6 is 0 Å². The van der Waals surface area contributed by atoms with Crippen LogP contribution in [0.25, 0.3) is 0 Å². The monoisotopic (exact) mass is 268 g/mol. The van der Waals surface area contributed by atoms with E-state index < -0.39 is 0 Å². The SMILES string of the molecule is COCC1C2CCCCC2CC2C(OC)OC(C)C21. The summed E-state index contributed by atoms with van der Waals surface area (Å²) < 4.78 is 17.2. The molecule has 7 unspecified atom stereocenters. The molecular weight excluding hydrogens is 240 g/mol. The van der Waals surface area contributed by atoms with Crippen molar-refractivity contribution in [3.8, 4) is 0 Å². The van der Waals surface area contributed by atoms with Crippen molar-refractivity contribution in [3.05, 3.63) is 0 Å². The van der Waals surface area contributed by atoms with Crippen LogP contribution < -0.4 is 0 Å². The molecule has 2 saturated carbocycles. The molecule has 0 N–H and O–H groups in total. The molecule has 0 aromatic carbocycles. The number of rotatable bonds is 3. The van der Waals surface area contributed by atoms with Gasteiger partial charge in [-0.15, -0.1) is 0 Å². The van der Waals surface area contributed by atoms with Gasteiger partial charge >= 0.3 is 0 Å². The van der Waals surface area contributed by atoms with E-state index >= 15 is 0 Å². The topological polar surface area (TPSA) is 27.7 Å². The van der Waals surface area contributed by atoms with Crippen LogP contribution in [0.15, 0.2) is 0 Å². The van der Waals surface area contributed by atoms with Crippen LogP contribution in [0, 0.1) is 29.6 Å². The van der Waals surface area contributed by atoms with E-state index in [4.69, 9.17) is 14.2 Å². The van der Waals surface area contributed by atoms with Gasteiger partial charge < -0.3 is 14.2 Å². The molecule has 2 aliphatic carbocycles. The Labute approximate surface area is 117 Å². The first kappa shape index (κ1) is 13.8. The minimum absolute atomic E-state index is 0.0160. The van der Waals surface area contributed by atoms with Gasteiger partial charge in [0.15, 0.2) is 6.29 Å². The molecule has 19 heavy (non-hydrogen) atoms. The van der Waals surface area contributed by atoms with Gasteiger partial charge in [-0.2, -0.15) is 0 Å². The fraction of sp³-hybridized carbons (Fsp3) is 1.00. The van der Waals surface area contributed by atoms with Crippen LogP contribution in [0.5, 0.6) is 0 Å². The summed E-state index contributed by atoms with van der Waals surface area (Å²) in [6, 6.07) is 0. The van der Waals surface area contributed by atoms with Gasteiger partial charge in [0.2, 0.25) is 0 Å². The first-order chi connectivity index (χ1) is 9.26. The molecular formula is C16H28O3. The zero-order valence-electron chi connectivity index (χ0n) is 12.5. The molecule has 1 saturated heterocycles. The van der Waals surface area contributed by atoms with E-state index in [9.17, 15) is 0 Å². The van der Waals surface area contributed by atoms with E-state index in [0.29, 0.717) is 23.9 Å². The molecule has 7 atom stereocenters. The third-order valence-electron chi connectivity index (χ3n) is 5.91. The number of hydrogen-bond donors (Lipinski definition) is 0. The van der Waals surface area contributed by atoms with Crippen molar-refractivity contribution in [2.24, 2.45) is 29.6 Å². The second kappa shape index (κ2) is 5.71. The normalized spacial score (nSPS) is 49.7. The van der Waals surface area contributed by atoms with Crippen molar-refractivity contribution < 1.29 is 14.2 Å². The lowest BCUT2D eigenvalue weighted by Gasteiger charge is -2.48. The van der Waals surface area contributed by atoms with Crippen LogP contribution in [0.2, 0.25) is 0 Å². The lowest BCUT2D eigenvalue weighted by Crippen LogP contribution is -2.46. The number of methoxy groups -OCH3 is 2. The maximum Gasteiger partial charge on any atom is 0.160 e. The Hall–Kier alpha value is -0.120. The lowest BCUT2D eigenvalue weighted by atomic mass is 9.57. The van der Waals surface area contributed by atoms with Crippen LogP contribution in [0.1, 0.15) is 39.0 Å². The molecule has 110 valence electrons. The fourth-order valence-corrected chi connectivity index (χ4v) is 5.25. The summed E-state index contributed by atoms with van der Waals surface area (Å²) in [5.41, 5.74) is 0. The number of fused-ring (bicyclic) bond motifs is 2. The first-order valence-corrected chi connectivity index (χ1v) is 7.93. The smallest absolute Gasteiger partial charge is 0.160 e.